The average Bonchev–Trinajstić information content (AvgIpc) is 3.72. The maximum absolute atomic E-state index is 6.95. The molecule has 0 radical (unpaired) electrons. The molecule has 46 heavy (non-hydrogen) atoms. The molecule has 10 aromatic rings. The molecule has 0 unspecified atom stereocenters. The standard InChI is InChI=1S/C44H26O2/c1-2-14-27(15-3-1)39-29-17-4-9-22-34(29)42(44-43(39)35-23-11-13-25-38(35)46-44)41-32-20-7-5-18-30(32)40(31-19-6-8-21-33(31)41)36-26-45-37-24-12-10-16-28(36)37/h1-26H. The molecule has 2 heteroatoms. The van der Waals surface area contributed by atoms with Gasteiger partial charge in [0.15, 0.2) is 0 Å². The maximum atomic E-state index is 6.95. The van der Waals surface area contributed by atoms with Crippen LogP contribution in [0.15, 0.2) is 167 Å². The molecule has 0 atom stereocenters. The Balaban J connectivity index is 1.45. The van der Waals surface area contributed by atoms with Crippen LogP contribution in [0.4, 0.5) is 0 Å². The highest BCUT2D eigenvalue weighted by molar-refractivity contribution is 6.32. The van der Waals surface area contributed by atoms with Gasteiger partial charge in [-0.25, -0.2) is 0 Å². The van der Waals surface area contributed by atoms with Gasteiger partial charge in [0, 0.05) is 44.0 Å². The van der Waals surface area contributed by atoms with Gasteiger partial charge in [-0.05, 0) is 50.0 Å². The van der Waals surface area contributed by atoms with Crippen LogP contribution in [0.25, 0.3) is 98.6 Å². The molecule has 0 amide bonds. The lowest BCUT2D eigenvalue weighted by atomic mass is 9.82. The van der Waals surface area contributed by atoms with Crippen LogP contribution in [-0.2, 0) is 0 Å². The van der Waals surface area contributed by atoms with Gasteiger partial charge in [-0.1, -0.05) is 140 Å². The first-order valence-corrected chi connectivity index (χ1v) is 15.7. The van der Waals surface area contributed by atoms with Gasteiger partial charge in [0.1, 0.15) is 16.7 Å². The Labute approximate surface area is 264 Å². The summed E-state index contributed by atoms with van der Waals surface area (Å²) in [6.07, 6.45) is 1.92. The fraction of sp³-hybridized carbons (Fsp3) is 0. The van der Waals surface area contributed by atoms with E-state index in [1.165, 1.54) is 54.6 Å². The van der Waals surface area contributed by atoms with E-state index in [0.29, 0.717) is 0 Å². The number of para-hydroxylation sites is 2. The van der Waals surface area contributed by atoms with Crippen LogP contribution in [0.1, 0.15) is 0 Å². The maximum Gasteiger partial charge on any atom is 0.144 e. The number of hydrogen-bond donors (Lipinski definition) is 0. The molecule has 0 aliphatic carbocycles. The van der Waals surface area contributed by atoms with Gasteiger partial charge in [-0.2, -0.15) is 0 Å². The molecule has 8 aromatic carbocycles. The largest absolute Gasteiger partial charge is 0.464 e. The summed E-state index contributed by atoms with van der Waals surface area (Å²) in [7, 11) is 0. The Morgan fingerprint density at radius 3 is 1.41 bits per heavy atom. The zero-order valence-electron chi connectivity index (χ0n) is 24.8. The van der Waals surface area contributed by atoms with Gasteiger partial charge in [-0.15, -0.1) is 0 Å². The summed E-state index contributed by atoms with van der Waals surface area (Å²) in [5.74, 6) is 0. The van der Waals surface area contributed by atoms with Crippen molar-refractivity contribution in [3.05, 3.63) is 158 Å². The predicted octanol–water partition coefficient (Wildman–Crippen LogP) is 12.8. The molecule has 0 spiro atoms. The molecule has 0 N–H and O–H groups in total. The van der Waals surface area contributed by atoms with Crippen LogP contribution in [-0.4, -0.2) is 0 Å². The van der Waals surface area contributed by atoms with Crippen molar-refractivity contribution in [1.29, 1.82) is 0 Å². The van der Waals surface area contributed by atoms with Crippen LogP contribution in [0.5, 0.6) is 0 Å². The van der Waals surface area contributed by atoms with Gasteiger partial charge in [0.05, 0.1) is 6.26 Å². The highest BCUT2D eigenvalue weighted by atomic mass is 16.3. The van der Waals surface area contributed by atoms with Gasteiger partial charge in [0.2, 0.25) is 0 Å². The average molecular weight is 587 g/mol. The number of furan rings is 2. The lowest BCUT2D eigenvalue weighted by molar-refractivity contribution is 0.617. The molecular weight excluding hydrogens is 560 g/mol. The van der Waals surface area contributed by atoms with E-state index in [2.05, 4.69) is 140 Å². The van der Waals surface area contributed by atoms with Crippen molar-refractivity contribution in [2.45, 2.75) is 0 Å². The second-order valence-electron chi connectivity index (χ2n) is 12.0. The summed E-state index contributed by atoms with van der Waals surface area (Å²) < 4.78 is 13.1. The predicted molar refractivity (Wildman–Crippen MR) is 192 cm³/mol. The molecule has 10 rings (SSSR count). The minimum Gasteiger partial charge on any atom is -0.464 e. The van der Waals surface area contributed by atoms with Crippen molar-refractivity contribution in [3.8, 4) is 33.4 Å². The second kappa shape index (κ2) is 9.69. The molecule has 0 aliphatic rings. The van der Waals surface area contributed by atoms with E-state index in [9.17, 15) is 0 Å². The van der Waals surface area contributed by atoms with E-state index in [0.717, 1.165) is 44.0 Å². The van der Waals surface area contributed by atoms with E-state index in [1.807, 2.05) is 18.4 Å². The number of rotatable bonds is 3. The van der Waals surface area contributed by atoms with Crippen molar-refractivity contribution in [2.75, 3.05) is 0 Å². The van der Waals surface area contributed by atoms with E-state index in [-0.39, 0.29) is 0 Å². The minimum atomic E-state index is 0.890. The van der Waals surface area contributed by atoms with E-state index in [4.69, 9.17) is 8.83 Å². The minimum absolute atomic E-state index is 0.890. The second-order valence-corrected chi connectivity index (χ2v) is 12.0. The van der Waals surface area contributed by atoms with Crippen LogP contribution in [0, 0.1) is 0 Å². The first-order chi connectivity index (χ1) is 22.9. The van der Waals surface area contributed by atoms with Crippen molar-refractivity contribution >= 4 is 65.2 Å². The number of hydrogen-bond acceptors (Lipinski definition) is 2. The molecule has 0 bridgehead atoms. The van der Waals surface area contributed by atoms with Crippen LogP contribution in [0.3, 0.4) is 0 Å². The molecule has 2 heterocycles. The van der Waals surface area contributed by atoms with Crippen LogP contribution >= 0.6 is 0 Å². The van der Waals surface area contributed by atoms with Gasteiger partial charge < -0.3 is 8.83 Å². The van der Waals surface area contributed by atoms with E-state index < -0.39 is 0 Å². The summed E-state index contributed by atoms with van der Waals surface area (Å²) in [4.78, 5) is 0. The molecule has 0 fully saturated rings. The fourth-order valence-electron chi connectivity index (χ4n) is 7.66. The quantitative estimate of drug-likeness (QED) is 0.193. The third-order valence-electron chi connectivity index (χ3n) is 9.53. The smallest absolute Gasteiger partial charge is 0.144 e. The zero-order valence-corrected chi connectivity index (χ0v) is 24.8. The first-order valence-electron chi connectivity index (χ1n) is 15.7. The highest BCUT2D eigenvalue weighted by Crippen LogP contribution is 2.52. The lowest BCUT2D eigenvalue weighted by Crippen LogP contribution is -1.93. The summed E-state index contributed by atoms with van der Waals surface area (Å²) in [5.41, 5.74) is 9.67. The lowest BCUT2D eigenvalue weighted by Gasteiger charge is -2.20. The SMILES string of the molecule is c1ccc(-c2c3ccccc3c(-c3c4ccccc4c(-c4coc5ccccc45)c4ccccc34)c3oc4ccccc4c23)cc1. The van der Waals surface area contributed by atoms with Gasteiger partial charge in [0.25, 0.3) is 0 Å². The summed E-state index contributed by atoms with van der Waals surface area (Å²) in [5, 5.41) is 10.5. The van der Waals surface area contributed by atoms with E-state index >= 15 is 0 Å². The van der Waals surface area contributed by atoms with Crippen molar-refractivity contribution in [3.63, 3.8) is 0 Å². The topological polar surface area (TPSA) is 26.3 Å². The van der Waals surface area contributed by atoms with Gasteiger partial charge >= 0.3 is 0 Å². The van der Waals surface area contributed by atoms with E-state index in [1.54, 1.807) is 0 Å². The number of fused-ring (bicyclic) bond motifs is 7. The molecule has 2 aromatic heterocycles. The Bertz CT molecular complexity index is 2740. The zero-order chi connectivity index (χ0) is 30.2. The summed E-state index contributed by atoms with van der Waals surface area (Å²) in [6.45, 7) is 0. The molecule has 0 saturated heterocycles. The van der Waals surface area contributed by atoms with Crippen molar-refractivity contribution < 1.29 is 8.83 Å². The van der Waals surface area contributed by atoms with Crippen LogP contribution in [0.2, 0.25) is 0 Å². The van der Waals surface area contributed by atoms with Crippen molar-refractivity contribution in [1.82, 2.24) is 0 Å². The monoisotopic (exact) mass is 586 g/mol. The summed E-state index contributed by atoms with van der Waals surface area (Å²) >= 11 is 0. The molecule has 2 nitrogen and oxygen atoms in total. The fourth-order valence-corrected chi connectivity index (χ4v) is 7.66. The molecule has 0 aliphatic heterocycles. The number of benzene rings is 8. The highest BCUT2D eigenvalue weighted by Gasteiger charge is 2.26. The third-order valence-corrected chi connectivity index (χ3v) is 9.53. The normalized spacial score (nSPS) is 11.9. The van der Waals surface area contributed by atoms with Crippen LogP contribution < -0.4 is 0 Å². The van der Waals surface area contributed by atoms with Gasteiger partial charge in [-0.3, -0.25) is 0 Å². The Hall–Kier alpha value is -6.12. The van der Waals surface area contributed by atoms with Crippen molar-refractivity contribution in [2.24, 2.45) is 0 Å². The summed E-state index contributed by atoms with van der Waals surface area (Å²) in [6, 6.07) is 53.9. The molecular formula is C44H26O2. The molecule has 214 valence electrons. The Kier molecular flexibility index (Phi) is 5.31. The Morgan fingerprint density at radius 1 is 0.326 bits per heavy atom. The Morgan fingerprint density at radius 2 is 0.783 bits per heavy atom. The molecule has 0 saturated carbocycles. The first kappa shape index (κ1) is 25.2. The third kappa shape index (κ3) is 3.47.